The second kappa shape index (κ2) is 5.16. The molecule has 0 aromatic heterocycles. The van der Waals surface area contributed by atoms with Gasteiger partial charge in [0.1, 0.15) is 5.75 Å². The van der Waals surface area contributed by atoms with E-state index in [-0.39, 0.29) is 6.04 Å². The topological polar surface area (TPSA) is 35.2 Å². The molecule has 2 aliphatic carbocycles. The van der Waals surface area contributed by atoms with Gasteiger partial charge in [0.15, 0.2) is 0 Å². The molecule has 0 heterocycles. The molecule has 1 aromatic carbocycles. The first-order valence-electron chi connectivity index (χ1n) is 7.62. The minimum Gasteiger partial charge on any atom is -0.493 e. The largest absolute Gasteiger partial charge is 0.493 e. The van der Waals surface area contributed by atoms with E-state index in [4.69, 9.17) is 10.5 Å². The van der Waals surface area contributed by atoms with Crippen LogP contribution in [0.15, 0.2) is 18.2 Å². The molecule has 19 heavy (non-hydrogen) atoms. The van der Waals surface area contributed by atoms with Crippen LogP contribution < -0.4 is 10.5 Å². The summed E-state index contributed by atoms with van der Waals surface area (Å²) < 4.78 is 6.14. The van der Waals surface area contributed by atoms with Crippen LogP contribution >= 0.6 is 0 Å². The van der Waals surface area contributed by atoms with Crippen LogP contribution in [0.25, 0.3) is 0 Å². The Morgan fingerprint density at radius 1 is 1.32 bits per heavy atom. The van der Waals surface area contributed by atoms with Crippen molar-refractivity contribution in [2.24, 2.45) is 23.5 Å². The van der Waals surface area contributed by atoms with Crippen molar-refractivity contribution in [1.82, 2.24) is 0 Å². The molecule has 2 fully saturated rings. The first-order valence-corrected chi connectivity index (χ1v) is 7.62. The Hall–Kier alpha value is -1.02. The van der Waals surface area contributed by atoms with Gasteiger partial charge in [0.25, 0.3) is 0 Å². The van der Waals surface area contributed by atoms with Gasteiger partial charge in [-0.25, -0.2) is 0 Å². The molecule has 4 atom stereocenters. The van der Waals surface area contributed by atoms with Gasteiger partial charge in [-0.3, -0.25) is 0 Å². The smallest absolute Gasteiger partial charge is 0.124 e. The highest BCUT2D eigenvalue weighted by Crippen LogP contribution is 2.48. The summed E-state index contributed by atoms with van der Waals surface area (Å²) in [7, 11) is 0. The number of ether oxygens (including phenoxy) is 1. The fourth-order valence-electron chi connectivity index (χ4n) is 3.92. The SMILES string of the molecule is Cc1ccc([C@H](C)N)c(OCC2CC3CCC2C3)c1. The maximum Gasteiger partial charge on any atom is 0.124 e. The molecule has 3 rings (SSSR count). The summed E-state index contributed by atoms with van der Waals surface area (Å²) in [6.45, 7) is 5.01. The van der Waals surface area contributed by atoms with E-state index in [1.165, 1.54) is 31.2 Å². The number of hydrogen-bond donors (Lipinski definition) is 1. The molecule has 0 aliphatic heterocycles. The van der Waals surface area contributed by atoms with Crippen molar-refractivity contribution in [3.05, 3.63) is 29.3 Å². The molecule has 104 valence electrons. The van der Waals surface area contributed by atoms with Crippen LogP contribution in [-0.4, -0.2) is 6.61 Å². The zero-order valence-corrected chi connectivity index (χ0v) is 12.1. The number of hydrogen-bond acceptors (Lipinski definition) is 2. The second-order valence-electron chi connectivity index (χ2n) is 6.58. The van der Waals surface area contributed by atoms with Crippen LogP contribution in [0, 0.1) is 24.7 Å². The summed E-state index contributed by atoms with van der Waals surface area (Å²) in [5.41, 5.74) is 8.40. The van der Waals surface area contributed by atoms with E-state index in [0.29, 0.717) is 0 Å². The highest BCUT2D eigenvalue weighted by atomic mass is 16.5. The predicted molar refractivity (Wildman–Crippen MR) is 78.2 cm³/mol. The summed E-state index contributed by atoms with van der Waals surface area (Å²) in [6.07, 6.45) is 5.70. The normalized spacial score (nSPS) is 30.6. The molecular weight excluding hydrogens is 234 g/mol. The average molecular weight is 259 g/mol. The van der Waals surface area contributed by atoms with Gasteiger partial charge in [0.05, 0.1) is 6.61 Å². The molecule has 2 heteroatoms. The van der Waals surface area contributed by atoms with Gasteiger partial charge in [-0.05, 0) is 62.5 Å². The lowest BCUT2D eigenvalue weighted by atomic mass is 9.89. The van der Waals surface area contributed by atoms with Crippen LogP contribution in [0.5, 0.6) is 5.75 Å². The number of rotatable bonds is 4. The zero-order valence-electron chi connectivity index (χ0n) is 12.1. The molecule has 0 saturated heterocycles. The quantitative estimate of drug-likeness (QED) is 0.892. The molecule has 3 unspecified atom stereocenters. The van der Waals surface area contributed by atoms with E-state index in [9.17, 15) is 0 Å². The van der Waals surface area contributed by atoms with Gasteiger partial charge in [-0.1, -0.05) is 18.6 Å². The summed E-state index contributed by atoms with van der Waals surface area (Å²) in [5, 5.41) is 0. The van der Waals surface area contributed by atoms with Gasteiger partial charge in [-0.2, -0.15) is 0 Å². The molecule has 0 amide bonds. The second-order valence-corrected chi connectivity index (χ2v) is 6.58. The van der Waals surface area contributed by atoms with Crippen molar-refractivity contribution in [2.75, 3.05) is 6.61 Å². The Balaban J connectivity index is 1.67. The van der Waals surface area contributed by atoms with E-state index >= 15 is 0 Å². The standard InChI is InChI=1S/C17H25NO/c1-11-3-6-16(12(2)18)17(7-11)19-10-15-9-13-4-5-14(15)8-13/h3,6-7,12-15H,4-5,8-10,18H2,1-2H3/t12-,13?,14?,15?/m0/s1. The molecule has 2 N–H and O–H groups in total. The van der Waals surface area contributed by atoms with Gasteiger partial charge in [0.2, 0.25) is 0 Å². The van der Waals surface area contributed by atoms with Crippen LogP contribution in [0.2, 0.25) is 0 Å². The monoisotopic (exact) mass is 259 g/mol. The van der Waals surface area contributed by atoms with Crippen molar-refractivity contribution in [3.63, 3.8) is 0 Å². The zero-order chi connectivity index (χ0) is 13.4. The Kier molecular flexibility index (Phi) is 3.53. The lowest BCUT2D eigenvalue weighted by Gasteiger charge is -2.23. The van der Waals surface area contributed by atoms with E-state index in [0.717, 1.165) is 35.7 Å². The predicted octanol–water partition coefficient (Wildman–Crippen LogP) is 3.83. The molecule has 0 radical (unpaired) electrons. The fraction of sp³-hybridized carbons (Fsp3) is 0.647. The molecule has 2 aliphatic rings. The first-order chi connectivity index (χ1) is 9.13. The molecule has 2 saturated carbocycles. The summed E-state index contributed by atoms with van der Waals surface area (Å²) in [5.74, 6) is 3.69. The average Bonchev–Trinajstić information content (AvgIpc) is 2.98. The highest BCUT2D eigenvalue weighted by Gasteiger charge is 2.39. The Morgan fingerprint density at radius 2 is 2.16 bits per heavy atom. The Labute approximate surface area is 116 Å². The molecule has 1 aromatic rings. The third-order valence-electron chi connectivity index (χ3n) is 5.00. The lowest BCUT2D eigenvalue weighted by molar-refractivity contribution is 0.193. The molecular formula is C17H25NO. The summed E-state index contributed by atoms with van der Waals surface area (Å²) in [6, 6.07) is 6.39. The third-order valence-corrected chi connectivity index (χ3v) is 5.00. The van der Waals surface area contributed by atoms with Crippen LogP contribution in [0.3, 0.4) is 0 Å². The minimum absolute atomic E-state index is 0.0376. The van der Waals surface area contributed by atoms with Gasteiger partial charge >= 0.3 is 0 Å². The number of aryl methyl sites for hydroxylation is 1. The van der Waals surface area contributed by atoms with Gasteiger partial charge in [0, 0.05) is 11.6 Å². The van der Waals surface area contributed by atoms with Crippen LogP contribution in [0.4, 0.5) is 0 Å². The van der Waals surface area contributed by atoms with Crippen molar-refractivity contribution >= 4 is 0 Å². The van der Waals surface area contributed by atoms with Crippen molar-refractivity contribution in [3.8, 4) is 5.75 Å². The van der Waals surface area contributed by atoms with Gasteiger partial charge in [-0.15, -0.1) is 0 Å². The number of benzene rings is 1. The molecule has 2 bridgehead atoms. The summed E-state index contributed by atoms with van der Waals surface area (Å²) in [4.78, 5) is 0. The first kappa shape index (κ1) is 13.0. The summed E-state index contributed by atoms with van der Waals surface area (Å²) >= 11 is 0. The van der Waals surface area contributed by atoms with Crippen molar-refractivity contribution in [2.45, 2.75) is 45.6 Å². The van der Waals surface area contributed by atoms with Crippen molar-refractivity contribution < 1.29 is 4.74 Å². The fourth-order valence-corrected chi connectivity index (χ4v) is 3.92. The minimum atomic E-state index is 0.0376. The maximum absolute atomic E-state index is 6.14. The van der Waals surface area contributed by atoms with E-state index in [1.54, 1.807) is 0 Å². The van der Waals surface area contributed by atoms with Gasteiger partial charge < -0.3 is 10.5 Å². The molecule has 0 spiro atoms. The third kappa shape index (κ3) is 2.64. The maximum atomic E-state index is 6.14. The lowest BCUT2D eigenvalue weighted by Crippen LogP contribution is -2.19. The van der Waals surface area contributed by atoms with Crippen molar-refractivity contribution in [1.29, 1.82) is 0 Å². The van der Waals surface area contributed by atoms with Crippen LogP contribution in [0.1, 0.15) is 49.8 Å². The highest BCUT2D eigenvalue weighted by molar-refractivity contribution is 5.38. The number of fused-ring (bicyclic) bond motifs is 2. The Bertz CT molecular complexity index is 455. The van der Waals surface area contributed by atoms with E-state index in [2.05, 4.69) is 25.1 Å². The molecule has 2 nitrogen and oxygen atoms in total. The van der Waals surface area contributed by atoms with E-state index < -0.39 is 0 Å². The van der Waals surface area contributed by atoms with E-state index in [1.807, 2.05) is 6.92 Å². The number of nitrogens with two attached hydrogens (primary N) is 1. The van der Waals surface area contributed by atoms with Crippen LogP contribution in [-0.2, 0) is 0 Å². The Morgan fingerprint density at radius 3 is 2.79 bits per heavy atom.